The Kier molecular flexibility index (Phi) is 7.88. The van der Waals surface area contributed by atoms with Crippen LogP contribution in [0.15, 0.2) is 73.9 Å². The van der Waals surface area contributed by atoms with Crippen molar-refractivity contribution in [3.63, 3.8) is 0 Å². The maximum absolute atomic E-state index is 13.2. The fraction of sp³-hybridized carbons (Fsp3) is 0.250. The minimum absolute atomic E-state index is 0.0107. The Morgan fingerprint density at radius 1 is 1.21 bits per heavy atom. The number of Topliss-reactive ketones (excluding diaryl/α,β-unsaturated/α-hetero) is 1. The number of benzene rings is 2. The molecule has 8 nitrogen and oxygen atoms in total. The van der Waals surface area contributed by atoms with Crippen molar-refractivity contribution in [3.8, 4) is 6.07 Å². The Morgan fingerprint density at radius 3 is 2.69 bits per heavy atom. The number of thioether (sulfide) groups is 1. The monoisotopic (exact) mass is 620 g/mol. The van der Waals surface area contributed by atoms with Crippen molar-refractivity contribution in [2.24, 2.45) is 5.73 Å². The number of nitrogens with zero attached hydrogens (tertiary/aromatic N) is 4. The summed E-state index contributed by atoms with van der Waals surface area (Å²) in [7, 11) is 0. The molecular weight excluding hydrogens is 596 g/mol. The van der Waals surface area contributed by atoms with Crippen LogP contribution < -0.4 is 16.0 Å². The highest BCUT2D eigenvalue weighted by molar-refractivity contribution is 9.10. The number of nitriles is 1. The summed E-state index contributed by atoms with van der Waals surface area (Å²) in [5, 5.41) is 22.1. The summed E-state index contributed by atoms with van der Waals surface area (Å²) in [4.78, 5) is 27.5. The van der Waals surface area contributed by atoms with Gasteiger partial charge in [-0.05, 0) is 67.6 Å². The van der Waals surface area contributed by atoms with Crippen LogP contribution in [0.2, 0.25) is 0 Å². The van der Waals surface area contributed by atoms with E-state index < -0.39 is 5.92 Å². The first-order valence-electron chi connectivity index (χ1n) is 12.3. The molecule has 198 valence electrons. The van der Waals surface area contributed by atoms with Crippen LogP contribution in [0.5, 0.6) is 0 Å². The molecule has 2 aliphatic rings. The van der Waals surface area contributed by atoms with E-state index in [0.29, 0.717) is 39.9 Å². The average Bonchev–Trinajstić information content (AvgIpc) is 3.38. The molecule has 3 aromatic rings. The molecule has 0 radical (unpaired) electrons. The van der Waals surface area contributed by atoms with Gasteiger partial charge in [-0.1, -0.05) is 57.2 Å². The van der Waals surface area contributed by atoms with Crippen LogP contribution in [0.4, 0.5) is 10.8 Å². The van der Waals surface area contributed by atoms with Gasteiger partial charge < -0.3 is 11.1 Å². The van der Waals surface area contributed by atoms with Crippen LogP contribution in [-0.2, 0) is 9.59 Å². The minimum atomic E-state index is -0.530. The molecule has 0 spiro atoms. The molecule has 0 bridgehead atoms. The number of nitrogens with two attached hydrogens (primary N) is 1. The smallest absolute Gasteiger partial charge is 0.234 e. The number of ketones is 1. The summed E-state index contributed by atoms with van der Waals surface area (Å²) in [6.45, 7) is 4.03. The lowest BCUT2D eigenvalue weighted by atomic mass is 9.76. The zero-order valence-corrected chi connectivity index (χ0v) is 24.5. The Labute approximate surface area is 243 Å². The standard InChI is InChI=1S/C28H25BrN6O2S2/c1-15-6-11-19(12-16(15)2)32-23(37)14-38-28-34-33-27(39-28)35-21-4-3-5-22(36)25(21)24(20(13-30)26(35)31)17-7-9-18(29)10-8-17/h6-12,24H,3-5,14,31H2,1-2H3,(H,32,37). The fourth-order valence-corrected chi connectivity index (χ4v) is 6.73. The van der Waals surface area contributed by atoms with Crippen molar-refractivity contribution in [2.45, 2.75) is 43.4 Å². The third kappa shape index (κ3) is 5.50. The van der Waals surface area contributed by atoms with Crippen LogP contribution >= 0.6 is 39.0 Å². The van der Waals surface area contributed by atoms with E-state index in [1.54, 1.807) is 4.90 Å². The predicted octanol–water partition coefficient (Wildman–Crippen LogP) is 5.95. The maximum atomic E-state index is 13.2. The van der Waals surface area contributed by atoms with E-state index in [0.717, 1.165) is 32.5 Å². The van der Waals surface area contributed by atoms with Gasteiger partial charge in [0.15, 0.2) is 10.1 Å². The van der Waals surface area contributed by atoms with E-state index in [2.05, 4.69) is 37.5 Å². The zero-order valence-electron chi connectivity index (χ0n) is 21.3. The average molecular weight is 622 g/mol. The summed E-state index contributed by atoms with van der Waals surface area (Å²) < 4.78 is 1.50. The van der Waals surface area contributed by atoms with Gasteiger partial charge in [0, 0.05) is 27.9 Å². The number of hydrogen-bond acceptors (Lipinski definition) is 9. The van der Waals surface area contributed by atoms with Crippen molar-refractivity contribution in [1.29, 1.82) is 5.26 Å². The number of hydrogen-bond donors (Lipinski definition) is 2. The number of carbonyl (C=O) groups is 2. The molecule has 5 rings (SSSR count). The van der Waals surface area contributed by atoms with Crippen molar-refractivity contribution >= 4 is 61.5 Å². The second-order valence-corrected chi connectivity index (χ2v) is 12.4. The normalized spacial score (nSPS) is 17.2. The fourth-order valence-electron chi connectivity index (χ4n) is 4.79. The molecular formula is C28H25BrN6O2S2. The molecule has 11 heteroatoms. The van der Waals surface area contributed by atoms with Crippen molar-refractivity contribution in [3.05, 3.63) is 86.3 Å². The number of allylic oxidation sites excluding steroid dienone is 3. The summed E-state index contributed by atoms with van der Waals surface area (Å²) in [5.74, 6) is -0.257. The van der Waals surface area contributed by atoms with Gasteiger partial charge in [-0.25, -0.2) is 0 Å². The van der Waals surface area contributed by atoms with Gasteiger partial charge in [-0.3, -0.25) is 14.5 Å². The first-order valence-corrected chi connectivity index (χ1v) is 14.9. The van der Waals surface area contributed by atoms with Crippen LogP contribution in [0, 0.1) is 25.2 Å². The van der Waals surface area contributed by atoms with E-state index in [1.165, 1.54) is 23.1 Å². The lowest BCUT2D eigenvalue weighted by molar-refractivity contribution is -0.116. The Morgan fingerprint density at radius 2 is 1.97 bits per heavy atom. The number of nitrogens with one attached hydrogen (secondary N) is 1. The molecule has 3 N–H and O–H groups in total. The Bertz CT molecular complexity index is 1570. The first-order chi connectivity index (χ1) is 18.8. The van der Waals surface area contributed by atoms with Gasteiger partial charge in [-0.2, -0.15) is 5.26 Å². The van der Waals surface area contributed by atoms with Crippen molar-refractivity contribution < 1.29 is 9.59 Å². The molecule has 2 heterocycles. The van der Waals surface area contributed by atoms with Gasteiger partial charge in [0.1, 0.15) is 5.82 Å². The van der Waals surface area contributed by atoms with Gasteiger partial charge in [0.05, 0.1) is 23.3 Å². The van der Waals surface area contributed by atoms with E-state index >= 15 is 0 Å². The molecule has 0 saturated heterocycles. The molecule has 1 aliphatic carbocycles. The van der Waals surface area contributed by atoms with Gasteiger partial charge >= 0.3 is 0 Å². The quantitative estimate of drug-likeness (QED) is 0.324. The predicted molar refractivity (Wildman–Crippen MR) is 157 cm³/mol. The van der Waals surface area contributed by atoms with Crippen LogP contribution in [0.1, 0.15) is 41.9 Å². The van der Waals surface area contributed by atoms with E-state index in [9.17, 15) is 14.9 Å². The van der Waals surface area contributed by atoms with Crippen molar-refractivity contribution in [2.75, 3.05) is 16.0 Å². The van der Waals surface area contributed by atoms with Crippen LogP contribution in [0.3, 0.4) is 0 Å². The molecule has 39 heavy (non-hydrogen) atoms. The number of amides is 1. The molecule has 1 aromatic heterocycles. The number of rotatable bonds is 6. The molecule has 1 atom stereocenters. The first kappa shape index (κ1) is 27.1. The van der Waals surface area contributed by atoms with Crippen LogP contribution in [-0.4, -0.2) is 27.6 Å². The third-order valence-electron chi connectivity index (χ3n) is 6.82. The van der Waals surface area contributed by atoms with E-state index in [4.69, 9.17) is 5.73 Å². The van der Waals surface area contributed by atoms with E-state index in [1.807, 2.05) is 56.3 Å². The summed E-state index contributed by atoms with van der Waals surface area (Å²) in [6.07, 6.45) is 1.74. The largest absolute Gasteiger partial charge is 0.384 e. The lowest BCUT2D eigenvalue weighted by Gasteiger charge is -2.38. The maximum Gasteiger partial charge on any atom is 0.234 e. The number of aryl methyl sites for hydroxylation is 2. The Balaban J connectivity index is 1.40. The van der Waals surface area contributed by atoms with Gasteiger partial charge in [0.25, 0.3) is 0 Å². The number of carbonyl (C=O) groups excluding carboxylic acids is 2. The Hall–Kier alpha value is -3.46. The third-order valence-corrected chi connectivity index (χ3v) is 9.39. The summed E-state index contributed by atoms with van der Waals surface area (Å²) in [6, 6.07) is 15.7. The highest BCUT2D eigenvalue weighted by Crippen LogP contribution is 2.47. The molecule has 1 unspecified atom stereocenters. The topological polar surface area (TPSA) is 125 Å². The van der Waals surface area contributed by atoms with Crippen molar-refractivity contribution in [1.82, 2.24) is 10.2 Å². The minimum Gasteiger partial charge on any atom is -0.384 e. The molecule has 1 aliphatic heterocycles. The SMILES string of the molecule is Cc1ccc(NC(=O)CSc2nnc(N3C(N)=C(C#N)C(c4ccc(Br)cc4)C4=C3CCCC4=O)s2)cc1C. The lowest BCUT2D eigenvalue weighted by Crippen LogP contribution is -2.38. The van der Waals surface area contributed by atoms with Gasteiger partial charge in [0.2, 0.25) is 11.0 Å². The van der Waals surface area contributed by atoms with Crippen LogP contribution in [0.25, 0.3) is 0 Å². The highest BCUT2D eigenvalue weighted by atomic mass is 79.9. The zero-order chi connectivity index (χ0) is 27.7. The summed E-state index contributed by atoms with van der Waals surface area (Å²) in [5.41, 5.74) is 12.1. The number of anilines is 2. The second kappa shape index (κ2) is 11.3. The molecule has 2 aromatic carbocycles. The molecule has 1 amide bonds. The summed E-state index contributed by atoms with van der Waals surface area (Å²) >= 11 is 6.00. The number of halogens is 1. The molecule has 0 fully saturated rings. The van der Waals surface area contributed by atoms with Gasteiger partial charge in [-0.15, -0.1) is 10.2 Å². The second-order valence-electron chi connectivity index (χ2n) is 9.35. The highest BCUT2D eigenvalue weighted by Gasteiger charge is 2.41. The van der Waals surface area contributed by atoms with E-state index in [-0.39, 0.29) is 23.3 Å². The number of aromatic nitrogens is 2. The molecule has 0 saturated carbocycles.